The molecule has 0 radical (unpaired) electrons. The fourth-order valence-electron chi connectivity index (χ4n) is 1.76. The van der Waals surface area contributed by atoms with Crippen LogP contribution < -0.4 is 5.32 Å². The largest absolute Gasteiger partial charge is 0.391 e. The highest BCUT2D eigenvalue weighted by Crippen LogP contribution is 2.07. The van der Waals surface area contributed by atoms with Gasteiger partial charge in [0, 0.05) is 18.0 Å². The van der Waals surface area contributed by atoms with Crippen molar-refractivity contribution in [1.29, 1.82) is 0 Å². The SMILES string of the molecule is CC(NCc1cscn1)C(O)Cc1ccccc1. The third-order valence-corrected chi connectivity index (χ3v) is 3.59. The van der Waals surface area contributed by atoms with Crippen molar-refractivity contribution in [2.45, 2.75) is 32.0 Å². The number of rotatable bonds is 6. The van der Waals surface area contributed by atoms with Gasteiger partial charge in [-0.3, -0.25) is 0 Å². The number of thiazole rings is 1. The average molecular weight is 262 g/mol. The number of benzene rings is 1. The number of nitrogens with one attached hydrogen (secondary N) is 1. The summed E-state index contributed by atoms with van der Waals surface area (Å²) in [6.45, 7) is 2.70. The fraction of sp³-hybridized carbons (Fsp3) is 0.357. The van der Waals surface area contributed by atoms with E-state index in [1.807, 2.05) is 48.1 Å². The second-order valence-electron chi connectivity index (χ2n) is 4.41. The van der Waals surface area contributed by atoms with E-state index in [0.29, 0.717) is 13.0 Å². The monoisotopic (exact) mass is 262 g/mol. The third-order valence-electron chi connectivity index (χ3n) is 2.95. The molecular weight excluding hydrogens is 244 g/mol. The van der Waals surface area contributed by atoms with Crippen molar-refractivity contribution < 1.29 is 5.11 Å². The van der Waals surface area contributed by atoms with Gasteiger partial charge in [-0.25, -0.2) is 4.98 Å². The van der Waals surface area contributed by atoms with Gasteiger partial charge >= 0.3 is 0 Å². The van der Waals surface area contributed by atoms with Crippen molar-refractivity contribution in [3.8, 4) is 0 Å². The molecule has 2 rings (SSSR count). The summed E-state index contributed by atoms with van der Waals surface area (Å²) in [6, 6.07) is 10.1. The van der Waals surface area contributed by atoms with E-state index >= 15 is 0 Å². The van der Waals surface area contributed by atoms with E-state index in [2.05, 4.69) is 10.3 Å². The maximum absolute atomic E-state index is 10.1. The Balaban J connectivity index is 1.80. The van der Waals surface area contributed by atoms with Crippen LogP contribution in [0.2, 0.25) is 0 Å². The molecule has 96 valence electrons. The molecule has 0 spiro atoms. The second-order valence-corrected chi connectivity index (χ2v) is 5.13. The minimum Gasteiger partial charge on any atom is -0.391 e. The molecule has 1 aromatic heterocycles. The Bertz CT molecular complexity index is 444. The molecule has 0 aliphatic carbocycles. The van der Waals surface area contributed by atoms with E-state index in [1.54, 1.807) is 11.3 Å². The summed E-state index contributed by atoms with van der Waals surface area (Å²) in [5.41, 5.74) is 4.01. The summed E-state index contributed by atoms with van der Waals surface area (Å²) < 4.78 is 0. The van der Waals surface area contributed by atoms with Gasteiger partial charge in [0.15, 0.2) is 0 Å². The molecule has 18 heavy (non-hydrogen) atoms. The van der Waals surface area contributed by atoms with Crippen LogP contribution >= 0.6 is 11.3 Å². The van der Waals surface area contributed by atoms with E-state index in [4.69, 9.17) is 0 Å². The zero-order valence-electron chi connectivity index (χ0n) is 10.4. The number of aliphatic hydroxyl groups is 1. The quantitative estimate of drug-likeness (QED) is 0.839. The normalized spacial score (nSPS) is 14.3. The topological polar surface area (TPSA) is 45.2 Å². The van der Waals surface area contributed by atoms with Crippen molar-refractivity contribution >= 4 is 11.3 Å². The first-order valence-electron chi connectivity index (χ1n) is 6.08. The van der Waals surface area contributed by atoms with Gasteiger partial charge in [0.25, 0.3) is 0 Å². The predicted molar refractivity (Wildman–Crippen MR) is 74.6 cm³/mol. The Labute approximate surface area is 112 Å². The molecule has 1 heterocycles. The lowest BCUT2D eigenvalue weighted by Crippen LogP contribution is -2.38. The molecule has 2 aromatic rings. The van der Waals surface area contributed by atoms with E-state index < -0.39 is 0 Å². The van der Waals surface area contributed by atoms with Gasteiger partial charge in [0.2, 0.25) is 0 Å². The highest BCUT2D eigenvalue weighted by molar-refractivity contribution is 7.07. The van der Waals surface area contributed by atoms with Crippen molar-refractivity contribution in [3.63, 3.8) is 0 Å². The molecule has 0 fully saturated rings. The van der Waals surface area contributed by atoms with E-state index in [-0.39, 0.29) is 12.1 Å². The van der Waals surface area contributed by atoms with Crippen LogP contribution in [0.15, 0.2) is 41.2 Å². The molecule has 0 aliphatic heterocycles. The van der Waals surface area contributed by atoms with Crippen LogP contribution in [-0.4, -0.2) is 22.2 Å². The van der Waals surface area contributed by atoms with Crippen molar-refractivity contribution in [2.75, 3.05) is 0 Å². The maximum Gasteiger partial charge on any atom is 0.0795 e. The standard InChI is InChI=1S/C14H18N2OS/c1-11(15-8-13-9-18-10-16-13)14(17)7-12-5-3-2-4-6-12/h2-6,9-11,14-15,17H,7-8H2,1H3. The molecule has 0 saturated heterocycles. The molecule has 0 bridgehead atoms. The second kappa shape index (κ2) is 6.64. The lowest BCUT2D eigenvalue weighted by molar-refractivity contribution is 0.134. The summed E-state index contributed by atoms with van der Waals surface area (Å²) in [5.74, 6) is 0. The molecule has 2 atom stereocenters. The fourth-order valence-corrected chi connectivity index (χ4v) is 2.32. The summed E-state index contributed by atoms with van der Waals surface area (Å²) >= 11 is 1.59. The third kappa shape index (κ3) is 3.91. The number of nitrogens with zero attached hydrogens (tertiary/aromatic N) is 1. The summed E-state index contributed by atoms with van der Waals surface area (Å²) in [7, 11) is 0. The first kappa shape index (κ1) is 13.2. The van der Waals surface area contributed by atoms with E-state index in [1.165, 1.54) is 0 Å². The minimum absolute atomic E-state index is 0.0481. The Morgan fingerprint density at radius 1 is 1.33 bits per heavy atom. The Morgan fingerprint density at radius 3 is 2.78 bits per heavy atom. The van der Waals surface area contributed by atoms with E-state index in [0.717, 1.165) is 11.3 Å². The lowest BCUT2D eigenvalue weighted by Gasteiger charge is -2.20. The van der Waals surface area contributed by atoms with Crippen LogP contribution in [0, 0.1) is 0 Å². The lowest BCUT2D eigenvalue weighted by atomic mass is 10.0. The number of hydrogen-bond acceptors (Lipinski definition) is 4. The van der Waals surface area contributed by atoms with E-state index in [9.17, 15) is 5.11 Å². The average Bonchev–Trinajstić information content (AvgIpc) is 2.90. The van der Waals surface area contributed by atoms with Crippen LogP contribution in [-0.2, 0) is 13.0 Å². The summed E-state index contributed by atoms with van der Waals surface area (Å²) in [4.78, 5) is 4.21. The van der Waals surface area contributed by atoms with Crippen molar-refractivity contribution in [1.82, 2.24) is 10.3 Å². The first-order chi connectivity index (χ1) is 8.75. The summed E-state index contributed by atoms with van der Waals surface area (Å²) in [6.07, 6.45) is 0.289. The zero-order valence-corrected chi connectivity index (χ0v) is 11.2. The summed E-state index contributed by atoms with van der Waals surface area (Å²) in [5, 5.41) is 15.4. The molecule has 0 amide bonds. The van der Waals surface area contributed by atoms with Crippen LogP contribution in [0.25, 0.3) is 0 Å². The van der Waals surface area contributed by atoms with Gasteiger partial charge in [0.05, 0.1) is 17.3 Å². The molecule has 3 nitrogen and oxygen atoms in total. The van der Waals surface area contributed by atoms with Gasteiger partial charge in [-0.05, 0) is 18.9 Å². The van der Waals surface area contributed by atoms with Gasteiger partial charge < -0.3 is 10.4 Å². The number of hydrogen-bond donors (Lipinski definition) is 2. The predicted octanol–water partition coefficient (Wildman–Crippen LogP) is 2.22. The highest BCUT2D eigenvalue weighted by atomic mass is 32.1. The van der Waals surface area contributed by atoms with Crippen molar-refractivity contribution in [3.05, 3.63) is 52.5 Å². The molecule has 0 saturated carbocycles. The van der Waals surface area contributed by atoms with Gasteiger partial charge in [-0.15, -0.1) is 11.3 Å². The Morgan fingerprint density at radius 2 is 2.11 bits per heavy atom. The number of aromatic nitrogens is 1. The number of aliphatic hydroxyl groups excluding tert-OH is 1. The Kier molecular flexibility index (Phi) is 4.87. The van der Waals surface area contributed by atoms with Crippen LogP contribution in [0.5, 0.6) is 0 Å². The molecule has 2 unspecified atom stereocenters. The Hall–Kier alpha value is -1.23. The zero-order chi connectivity index (χ0) is 12.8. The smallest absolute Gasteiger partial charge is 0.0795 e. The van der Waals surface area contributed by atoms with Gasteiger partial charge in [-0.2, -0.15) is 0 Å². The first-order valence-corrected chi connectivity index (χ1v) is 7.02. The molecule has 4 heteroatoms. The molecule has 1 aromatic carbocycles. The van der Waals surface area contributed by atoms with Crippen LogP contribution in [0.3, 0.4) is 0 Å². The van der Waals surface area contributed by atoms with Gasteiger partial charge in [-0.1, -0.05) is 30.3 Å². The van der Waals surface area contributed by atoms with Crippen LogP contribution in [0.1, 0.15) is 18.2 Å². The maximum atomic E-state index is 10.1. The van der Waals surface area contributed by atoms with Crippen molar-refractivity contribution in [2.24, 2.45) is 0 Å². The highest BCUT2D eigenvalue weighted by Gasteiger charge is 2.14. The minimum atomic E-state index is -0.383. The van der Waals surface area contributed by atoms with Gasteiger partial charge in [0.1, 0.15) is 0 Å². The molecule has 2 N–H and O–H groups in total. The molecule has 0 aliphatic rings. The van der Waals surface area contributed by atoms with Crippen LogP contribution in [0.4, 0.5) is 0 Å². The molecular formula is C14H18N2OS.